The maximum atomic E-state index is 9.04. The third-order valence-corrected chi connectivity index (χ3v) is 5.32. The van der Waals surface area contributed by atoms with E-state index in [2.05, 4.69) is 25.3 Å². The topological polar surface area (TPSA) is 113 Å². The molecular formula is C17H9Cl2N7S. The van der Waals surface area contributed by atoms with Gasteiger partial charge in [0, 0.05) is 17.8 Å². The van der Waals surface area contributed by atoms with Crippen LogP contribution < -0.4 is 11.1 Å². The van der Waals surface area contributed by atoms with Crippen molar-refractivity contribution in [2.75, 3.05) is 11.1 Å². The first-order valence-corrected chi connectivity index (χ1v) is 9.12. The van der Waals surface area contributed by atoms with Crippen LogP contribution in [0, 0.1) is 11.3 Å². The Kier molecular flexibility index (Phi) is 4.49. The molecule has 1 aromatic carbocycles. The van der Waals surface area contributed by atoms with Crippen LogP contribution in [-0.4, -0.2) is 19.9 Å². The van der Waals surface area contributed by atoms with Gasteiger partial charge in [-0.25, -0.2) is 19.9 Å². The lowest BCUT2D eigenvalue weighted by molar-refractivity contribution is 1.17. The number of nitrogens with two attached hydrogens (primary N) is 1. The Morgan fingerprint density at radius 1 is 1.11 bits per heavy atom. The van der Waals surface area contributed by atoms with Crippen molar-refractivity contribution in [3.63, 3.8) is 0 Å². The molecule has 10 heteroatoms. The molecule has 3 N–H and O–H groups in total. The summed E-state index contributed by atoms with van der Waals surface area (Å²) in [4.78, 5) is 17.0. The molecule has 4 aromatic rings. The molecule has 3 aromatic heterocycles. The van der Waals surface area contributed by atoms with Crippen LogP contribution in [0.3, 0.4) is 0 Å². The number of nitrogens with one attached hydrogen (secondary N) is 1. The van der Waals surface area contributed by atoms with Crippen molar-refractivity contribution >= 4 is 62.2 Å². The van der Waals surface area contributed by atoms with E-state index >= 15 is 0 Å². The van der Waals surface area contributed by atoms with E-state index in [4.69, 9.17) is 34.2 Å². The lowest BCUT2D eigenvalue weighted by atomic mass is 10.1. The minimum absolute atomic E-state index is 0.348. The van der Waals surface area contributed by atoms with Gasteiger partial charge in [0.1, 0.15) is 23.0 Å². The van der Waals surface area contributed by atoms with Crippen LogP contribution >= 0.6 is 34.5 Å². The number of hydrogen-bond donors (Lipinski definition) is 2. The van der Waals surface area contributed by atoms with Crippen molar-refractivity contribution in [1.29, 1.82) is 5.26 Å². The number of thiazole rings is 1. The molecule has 0 unspecified atom stereocenters. The average molecular weight is 414 g/mol. The number of rotatable bonds is 3. The summed E-state index contributed by atoms with van der Waals surface area (Å²) < 4.78 is 0.807. The van der Waals surface area contributed by atoms with Gasteiger partial charge in [0.2, 0.25) is 0 Å². The van der Waals surface area contributed by atoms with Gasteiger partial charge < -0.3 is 11.1 Å². The molecular weight excluding hydrogens is 405 g/mol. The first-order valence-electron chi connectivity index (χ1n) is 7.55. The van der Waals surface area contributed by atoms with E-state index in [0.717, 1.165) is 10.2 Å². The smallest absolute Gasteiger partial charge is 0.151 e. The molecule has 0 bridgehead atoms. The molecule has 4 rings (SSSR count). The Morgan fingerprint density at radius 3 is 2.59 bits per heavy atom. The van der Waals surface area contributed by atoms with Crippen molar-refractivity contribution in [3.8, 4) is 16.6 Å². The Balaban J connectivity index is 1.81. The van der Waals surface area contributed by atoms with E-state index in [1.54, 1.807) is 30.5 Å². The third-order valence-electron chi connectivity index (χ3n) is 3.62. The molecule has 27 heavy (non-hydrogen) atoms. The molecule has 3 heterocycles. The quantitative estimate of drug-likeness (QED) is 0.502. The molecule has 0 fully saturated rings. The molecule has 7 nitrogen and oxygen atoms in total. The van der Waals surface area contributed by atoms with E-state index in [0.29, 0.717) is 43.6 Å². The van der Waals surface area contributed by atoms with Crippen LogP contribution in [0.2, 0.25) is 10.0 Å². The third kappa shape index (κ3) is 3.36. The summed E-state index contributed by atoms with van der Waals surface area (Å²) >= 11 is 14.0. The highest BCUT2D eigenvalue weighted by molar-refractivity contribution is 7.22. The molecule has 132 valence electrons. The molecule has 0 atom stereocenters. The summed E-state index contributed by atoms with van der Waals surface area (Å²) in [6.45, 7) is 0. The summed E-state index contributed by atoms with van der Waals surface area (Å²) in [7, 11) is 0. The number of pyridine rings is 1. The SMILES string of the molecule is N#Cc1cc(Cl)c(-c2nc3ccnc(Nc4cc(N)ncn4)c3s2)c(Cl)c1. The molecule has 0 saturated carbocycles. The second-order valence-corrected chi connectivity index (χ2v) is 7.22. The van der Waals surface area contributed by atoms with Crippen LogP contribution in [-0.2, 0) is 0 Å². The van der Waals surface area contributed by atoms with Gasteiger partial charge in [-0.05, 0) is 18.2 Å². The number of hydrogen-bond acceptors (Lipinski definition) is 8. The minimum atomic E-state index is 0.348. The van der Waals surface area contributed by atoms with E-state index in [9.17, 15) is 0 Å². The van der Waals surface area contributed by atoms with Crippen LogP contribution in [0.4, 0.5) is 17.5 Å². The molecule has 0 aliphatic heterocycles. The molecule has 0 saturated heterocycles. The van der Waals surface area contributed by atoms with Gasteiger partial charge in [-0.15, -0.1) is 11.3 Å². The van der Waals surface area contributed by atoms with Crippen molar-refractivity contribution in [3.05, 3.63) is 52.4 Å². The molecule has 0 aliphatic carbocycles. The zero-order valence-corrected chi connectivity index (χ0v) is 15.8. The Morgan fingerprint density at radius 2 is 1.89 bits per heavy atom. The van der Waals surface area contributed by atoms with Crippen LogP contribution in [0.1, 0.15) is 5.56 Å². The Labute approximate surface area is 167 Å². The normalized spacial score (nSPS) is 10.7. The van der Waals surface area contributed by atoms with Gasteiger partial charge in [-0.1, -0.05) is 23.2 Å². The van der Waals surface area contributed by atoms with E-state index in [-0.39, 0.29) is 0 Å². The lowest BCUT2D eigenvalue weighted by Gasteiger charge is -2.05. The Hall–Kier alpha value is -2.99. The highest BCUT2D eigenvalue weighted by Gasteiger charge is 2.17. The van der Waals surface area contributed by atoms with Gasteiger partial charge >= 0.3 is 0 Å². The number of nitrogens with zero attached hydrogens (tertiary/aromatic N) is 5. The fourth-order valence-corrected chi connectivity index (χ4v) is 4.31. The molecule has 0 aliphatic rings. The zero-order chi connectivity index (χ0) is 19.0. The van der Waals surface area contributed by atoms with Crippen molar-refractivity contribution in [1.82, 2.24) is 19.9 Å². The fourth-order valence-electron chi connectivity index (χ4n) is 2.46. The highest BCUT2D eigenvalue weighted by atomic mass is 35.5. The average Bonchev–Trinajstić information content (AvgIpc) is 3.05. The van der Waals surface area contributed by atoms with Gasteiger partial charge in [-0.2, -0.15) is 5.26 Å². The number of fused-ring (bicyclic) bond motifs is 1. The minimum Gasteiger partial charge on any atom is -0.384 e. The number of benzene rings is 1. The highest BCUT2D eigenvalue weighted by Crippen LogP contribution is 2.41. The molecule has 0 amide bonds. The maximum absolute atomic E-state index is 9.04. The number of nitrogen functional groups attached to an aromatic ring is 1. The summed E-state index contributed by atoms with van der Waals surface area (Å²) in [5, 5.41) is 13.5. The van der Waals surface area contributed by atoms with Gasteiger partial charge in [0.25, 0.3) is 0 Å². The number of nitriles is 1. The first kappa shape index (κ1) is 17.4. The van der Waals surface area contributed by atoms with Crippen LogP contribution in [0.15, 0.2) is 36.8 Å². The Bertz CT molecular complexity index is 1190. The van der Waals surface area contributed by atoms with E-state index in [1.807, 2.05) is 6.07 Å². The number of halogens is 2. The van der Waals surface area contributed by atoms with Crippen molar-refractivity contribution in [2.24, 2.45) is 0 Å². The largest absolute Gasteiger partial charge is 0.384 e. The monoisotopic (exact) mass is 413 g/mol. The van der Waals surface area contributed by atoms with Gasteiger partial charge in [0.05, 0.1) is 31.9 Å². The van der Waals surface area contributed by atoms with E-state index < -0.39 is 0 Å². The summed E-state index contributed by atoms with van der Waals surface area (Å²) in [5.74, 6) is 1.45. The summed E-state index contributed by atoms with van der Waals surface area (Å²) in [5.41, 5.74) is 7.38. The second-order valence-electron chi connectivity index (χ2n) is 5.41. The van der Waals surface area contributed by atoms with E-state index in [1.165, 1.54) is 17.7 Å². The first-order chi connectivity index (χ1) is 13.0. The van der Waals surface area contributed by atoms with Crippen LogP contribution in [0.5, 0.6) is 0 Å². The van der Waals surface area contributed by atoms with Crippen molar-refractivity contribution in [2.45, 2.75) is 0 Å². The molecule has 0 spiro atoms. The zero-order valence-electron chi connectivity index (χ0n) is 13.4. The number of aromatic nitrogens is 4. The summed E-state index contributed by atoms with van der Waals surface area (Å²) in [6.07, 6.45) is 3.01. The summed E-state index contributed by atoms with van der Waals surface area (Å²) in [6, 6.07) is 8.56. The molecule has 0 radical (unpaired) electrons. The maximum Gasteiger partial charge on any atom is 0.151 e. The number of anilines is 3. The standard InChI is InChI=1S/C17H9Cl2N7S/c18-9-3-8(6-20)4-10(19)14(9)17-25-11-1-2-22-16(15(11)27-17)26-13-5-12(21)23-7-24-13/h1-5,7H,(H3,21,22,23,24,26). The lowest BCUT2D eigenvalue weighted by Crippen LogP contribution is -1.98. The predicted octanol–water partition coefficient (Wildman–Crippen LogP) is 4.65. The van der Waals surface area contributed by atoms with Crippen molar-refractivity contribution < 1.29 is 0 Å². The fraction of sp³-hybridized carbons (Fsp3) is 0. The van der Waals surface area contributed by atoms with Crippen LogP contribution in [0.25, 0.3) is 20.8 Å². The predicted molar refractivity (Wildman–Crippen MR) is 107 cm³/mol. The van der Waals surface area contributed by atoms with Gasteiger partial charge in [0.15, 0.2) is 5.82 Å². The van der Waals surface area contributed by atoms with Gasteiger partial charge in [-0.3, -0.25) is 0 Å². The second kappa shape index (κ2) is 6.96.